The number of carbonyl (C=O) groups is 1. The summed E-state index contributed by atoms with van der Waals surface area (Å²) in [4.78, 5) is 10.9. The first-order valence-electron chi connectivity index (χ1n) is 5.31. The van der Waals surface area contributed by atoms with Crippen molar-refractivity contribution in [2.24, 2.45) is 0 Å². The Hall–Kier alpha value is -1.97. The smallest absolute Gasteiger partial charge is 0.508 e. The number of rotatable bonds is 5. The molecule has 0 aliphatic heterocycles. The van der Waals surface area contributed by atoms with E-state index in [-0.39, 0.29) is 5.75 Å². The lowest BCUT2D eigenvalue weighted by Crippen LogP contribution is -2.16. The van der Waals surface area contributed by atoms with Crippen LogP contribution in [-0.2, 0) is 15.9 Å². The number of ether oxygens (including phenoxy) is 2. The summed E-state index contributed by atoms with van der Waals surface area (Å²) in [7, 11) is 1.26. The number of methoxy groups -OCH3 is 1. The molecule has 0 aromatic heterocycles. The number of hydrogen-bond acceptors (Lipinski definition) is 4. The summed E-state index contributed by atoms with van der Waals surface area (Å²) >= 11 is 0. The average Bonchev–Trinajstić information content (AvgIpc) is 2.35. The van der Waals surface area contributed by atoms with Gasteiger partial charge in [0.25, 0.3) is 0 Å². The van der Waals surface area contributed by atoms with Gasteiger partial charge in [-0.05, 0) is 24.5 Å². The van der Waals surface area contributed by atoms with Gasteiger partial charge in [0.05, 0.1) is 7.11 Å². The second-order valence-corrected chi connectivity index (χ2v) is 3.51. The first kappa shape index (κ1) is 13.1. The molecule has 1 aromatic rings. The molecular weight excluding hydrogens is 220 g/mol. The molecule has 92 valence electrons. The maximum absolute atomic E-state index is 10.9. The molecule has 0 amide bonds. The fourth-order valence-electron chi connectivity index (χ4n) is 1.42. The Kier molecular flexibility index (Phi) is 5.07. The van der Waals surface area contributed by atoms with Crippen molar-refractivity contribution in [3.63, 3.8) is 0 Å². The first-order valence-corrected chi connectivity index (χ1v) is 5.31. The standard InChI is InChI=1S/C13H16O4/c1-3-11(17-13(15)16-2)9-8-10-6-4-5-7-12(10)14/h3-7,11,14H,1,8-9H2,2H3. The van der Waals surface area contributed by atoms with Gasteiger partial charge in [0.15, 0.2) is 0 Å². The van der Waals surface area contributed by atoms with E-state index in [0.29, 0.717) is 12.8 Å². The molecule has 1 unspecified atom stereocenters. The molecule has 1 N–H and O–H groups in total. The van der Waals surface area contributed by atoms with Gasteiger partial charge in [-0.1, -0.05) is 30.9 Å². The molecule has 0 bridgehead atoms. The van der Waals surface area contributed by atoms with Crippen LogP contribution in [0, 0.1) is 0 Å². The van der Waals surface area contributed by atoms with Crippen molar-refractivity contribution in [3.8, 4) is 5.75 Å². The molecule has 0 aliphatic carbocycles. The molecule has 0 spiro atoms. The van der Waals surface area contributed by atoms with E-state index in [0.717, 1.165) is 5.56 Å². The minimum atomic E-state index is -0.729. The Labute approximate surface area is 100 Å². The SMILES string of the molecule is C=CC(CCc1ccccc1O)OC(=O)OC. The average molecular weight is 236 g/mol. The van der Waals surface area contributed by atoms with Gasteiger partial charge in [0, 0.05) is 0 Å². The van der Waals surface area contributed by atoms with Gasteiger partial charge in [0.1, 0.15) is 11.9 Å². The maximum Gasteiger partial charge on any atom is 0.508 e. The Balaban J connectivity index is 2.51. The number of hydrogen-bond donors (Lipinski definition) is 1. The minimum Gasteiger partial charge on any atom is -0.508 e. The third-order valence-corrected chi connectivity index (χ3v) is 2.37. The third-order valence-electron chi connectivity index (χ3n) is 2.37. The van der Waals surface area contributed by atoms with Gasteiger partial charge in [-0.25, -0.2) is 4.79 Å². The van der Waals surface area contributed by atoms with Crippen LogP contribution < -0.4 is 0 Å². The van der Waals surface area contributed by atoms with Crippen molar-refractivity contribution in [2.45, 2.75) is 18.9 Å². The first-order chi connectivity index (χ1) is 8.17. The van der Waals surface area contributed by atoms with Crippen LogP contribution in [-0.4, -0.2) is 24.5 Å². The van der Waals surface area contributed by atoms with Crippen molar-refractivity contribution >= 4 is 6.16 Å². The lowest BCUT2D eigenvalue weighted by molar-refractivity contribution is 0.0502. The molecule has 4 heteroatoms. The van der Waals surface area contributed by atoms with Crippen molar-refractivity contribution in [3.05, 3.63) is 42.5 Å². The summed E-state index contributed by atoms with van der Waals surface area (Å²) < 4.78 is 9.35. The number of aryl methyl sites for hydroxylation is 1. The highest BCUT2D eigenvalue weighted by atomic mass is 16.7. The van der Waals surface area contributed by atoms with Crippen LogP contribution in [0.5, 0.6) is 5.75 Å². The summed E-state index contributed by atoms with van der Waals surface area (Å²) in [5, 5.41) is 9.57. The Bertz CT molecular complexity index is 387. The topological polar surface area (TPSA) is 55.8 Å². The van der Waals surface area contributed by atoms with E-state index in [1.165, 1.54) is 13.2 Å². The lowest BCUT2D eigenvalue weighted by atomic mass is 10.1. The molecule has 1 atom stereocenters. The molecule has 0 aliphatic rings. The van der Waals surface area contributed by atoms with E-state index in [2.05, 4.69) is 11.3 Å². The number of benzene rings is 1. The number of para-hydroxylation sites is 1. The predicted octanol–water partition coefficient (Wildman–Crippen LogP) is 2.66. The van der Waals surface area contributed by atoms with Gasteiger partial charge >= 0.3 is 6.16 Å². The second-order valence-electron chi connectivity index (χ2n) is 3.51. The zero-order chi connectivity index (χ0) is 12.7. The summed E-state index contributed by atoms with van der Waals surface area (Å²) in [6.45, 7) is 3.59. The van der Waals surface area contributed by atoms with Crippen molar-refractivity contribution in [1.29, 1.82) is 0 Å². The molecule has 0 heterocycles. The molecule has 0 saturated heterocycles. The zero-order valence-corrected chi connectivity index (χ0v) is 9.76. The van der Waals surface area contributed by atoms with Crippen LogP contribution in [0.4, 0.5) is 4.79 Å². The number of phenols is 1. The van der Waals surface area contributed by atoms with Gasteiger partial charge in [-0.3, -0.25) is 0 Å². The molecule has 4 nitrogen and oxygen atoms in total. The summed E-state index contributed by atoms with van der Waals surface area (Å²) in [6, 6.07) is 7.06. The van der Waals surface area contributed by atoms with Crippen molar-refractivity contribution in [1.82, 2.24) is 0 Å². The molecule has 1 aromatic carbocycles. The zero-order valence-electron chi connectivity index (χ0n) is 9.76. The Morgan fingerprint density at radius 1 is 1.53 bits per heavy atom. The molecule has 0 saturated carbocycles. The minimum absolute atomic E-state index is 0.244. The van der Waals surface area contributed by atoms with E-state index >= 15 is 0 Å². The maximum atomic E-state index is 10.9. The number of phenolic OH excluding ortho intramolecular Hbond substituents is 1. The van der Waals surface area contributed by atoms with Crippen molar-refractivity contribution < 1.29 is 19.4 Å². The molecular formula is C13H16O4. The number of carbonyl (C=O) groups excluding carboxylic acids is 1. The van der Waals surface area contributed by atoms with Crippen LogP contribution >= 0.6 is 0 Å². The molecule has 1 rings (SSSR count). The fourth-order valence-corrected chi connectivity index (χ4v) is 1.42. The van der Waals surface area contributed by atoms with E-state index in [1.54, 1.807) is 12.1 Å². The highest BCUT2D eigenvalue weighted by Gasteiger charge is 2.11. The largest absolute Gasteiger partial charge is 0.508 e. The van der Waals surface area contributed by atoms with Crippen LogP contribution in [0.1, 0.15) is 12.0 Å². The van der Waals surface area contributed by atoms with Gasteiger partial charge in [-0.15, -0.1) is 0 Å². The van der Waals surface area contributed by atoms with Gasteiger partial charge in [-0.2, -0.15) is 0 Å². The molecule has 0 radical (unpaired) electrons. The van der Waals surface area contributed by atoms with E-state index in [4.69, 9.17) is 4.74 Å². The van der Waals surface area contributed by atoms with Crippen LogP contribution in [0.2, 0.25) is 0 Å². The lowest BCUT2D eigenvalue weighted by Gasteiger charge is -2.13. The second kappa shape index (κ2) is 6.58. The van der Waals surface area contributed by atoms with E-state index < -0.39 is 12.3 Å². The Morgan fingerprint density at radius 2 is 2.24 bits per heavy atom. The van der Waals surface area contributed by atoms with Gasteiger partial charge < -0.3 is 14.6 Å². The predicted molar refractivity (Wildman–Crippen MR) is 63.9 cm³/mol. The fraction of sp³-hybridized carbons (Fsp3) is 0.308. The highest BCUT2D eigenvalue weighted by Crippen LogP contribution is 2.18. The number of aromatic hydroxyl groups is 1. The third kappa shape index (κ3) is 4.18. The summed E-state index contributed by atoms with van der Waals surface area (Å²) in [5.74, 6) is 0.244. The molecule has 0 fully saturated rings. The van der Waals surface area contributed by atoms with E-state index in [9.17, 15) is 9.90 Å². The summed E-state index contributed by atoms with van der Waals surface area (Å²) in [5.41, 5.74) is 0.813. The monoisotopic (exact) mass is 236 g/mol. The molecule has 17 heavy (non-hydrogen) atoms. The summed E-state index contributed by atoms with van der Waals surface area (Å²) in [6.07, 6.45) is 1.54. The van der Waals surface area contributed by atoms with Crippen LogP contribution in [0.25, 0.3) is 0 Å². The quantitative estimate of drug-likeness (QED) is 0.630. The van der Waals surface area contributed by atoms with Crippen LogP contribution in [0.15, 0.2) is 36.9 Å². The van der Waals surface area contributed by atoms with Crippen molar-refractivity contribution in [2.75, 3.05) is 7.11 Å². The van der Waals surface area contributed by atoms with Crippen LogP contribution in [0.3, 0.4) is 0 Å². The highest BCUT2D eigenvalue weighted by molar-refractivity contribution is 5.60. The van der Waals surface area contributed by atoms with Gasteiger partial charge in [0.2, 0.25) is 0 Å². The van der Waals surface area contributed by atoms with E-state index in [1.807, 2.05) is 12.1 Å². The Morgan fingerprint density at radius 3 is 2.82 bits per heavy atom. The normalized spacial score (nSPS) is 11.6.